The Hall–Kier alpha value is -2.30. The van der Waals surface area contributed by atoms with Crippen LogP contribution in [0, 0.1) is 0 Å². The summed E-state index contributed by atoms with van der Waals surface area (Å²) in [6.45, 7) is 2.56. The zero-order chi connectivity index (χ0) is 13.0. The summed E-state index contributed by atoms with van der Waals surface area (Å²) in [5, 5.41) is 3.12. The Morgan fingerprint density at radius 1 is 1.33 bits per heavy atom. The summed E-state index contributed by atoms with van der Waals surface area (Å²) in [6.07, 6.45) is 0.701. The molecule has 1 aromatic carbocycles. The highest BCUT2D eigenvalue weighted by Gasteiger charge is 1.99. The lowest BCUT2D eigenvalue weighted by molar-refractivity contribution is 0.914. The molecule has 0 aliphatic carbocycles. The van der Waals surface area contributed by atoms with Crippen LogP contribution in [0.5, 0.6) is 0 Å². The molecule has 0 fully saturated rings. The number of hydrogen-bond donors (Lipinski definition) is 3. The summed E-state index contributed by atoms with van der Waals surface area (Å²) < 4.78 is 0. The Bertz CT molecular complexity index is 574. The number of aromatic nitrogens is 2. The van der Waals surface area contributed by atoms with Gasteiger partial charge < -0.3 is 16.0 Å². The molecular weight excluding hydrogens is 228 g/mol. The number of nitrogen functional groups attached to an aromatic ring is 1. The Labute approximate surface area is 105 Å². The minimum atomic E-state index is -0.137. The van der Waals surface area contributed by atoms with E-state index in [4.69, 9.17) is 5.73 Å². The zero-order valence-corrected chi connectivity index (χ0v) is 10.2. The number of nitrogens with one attached hydrogen (secondary N) is 2. The summed E-state index contributed by atoms with van der Waals surface area (Å²) in [5.41, 5.74) is 7.30. The van der Waals surface area contributed by atoms with Crippen LogP contribution in [0.3, 0.4) is 0 Å². The highest BCUT2D eigenvalue weighted by atomic mass is 16.1. The van der Waals surface area contributed by atoms with E-state index in [9.17, 15) is 4.79 Å². The highest BCUT2D eigenvalue weighted by molar-refractivity contribution is 5.41. The van der Waals surface area contributed by atoms with Crippen molar-refractivity contribution in [2.75, 3.05) is 11.1 Å². The summed E-state index contributed by atoms with van der Waals surface area (Å²) in [4.78, 5) is 18.3. The van der Waals surface area contributed by atoms with Crippen LogP contribution in [0.1, 0.15) is 18.3 Å². The van der Waals surface area contributed by atoms with Crippen LogP contribution in [-0.2, 0) is 13.0 Å². The van der Waals surface area contributed by atoms with E-state index in [-0.39, 0.29) is 5.56 Å². The Morgan fingerprint density at radius 2 is 2.06 bits per heavy atom. The molecule has 0 saturated carbocycles. The van der Waals surface area contributed by atoms with Gasteiger partial charge in [0, 0.05) is 24.7 Å². The van der Waals surface area contributed by atoms with Crippen molar-refractivity contribution in [2.24, 2.45) is 0 Å². The number of benzene rings is 1. The quantitative estimate of drug-likeness (QED) is 0.712. The third kappa shape index (κ3) is 3.10. The molecule has 2 aromatic rings. The monoisotopic (exact) mass is 244 g/mol. The number of rotatable bonds is 4. The highest BCUT2D eigenvalue weighted by Crippen LogP contribution is 2.08. The molecule has 2 rings (SSSR count). The molecular formula is C13H16N4O. The van der Waals surface area contributed by atoms with Gasteiger partial charge in [-0.25, -0.2) is 4.98 Å². The molecule has 0 aliphatic rings. The first-order valence-corrected chi connectivity index (χ1v) is 5.86. The second kappa shape index (κ2) is 5.35. The lowest BCUT2D eigenvalue weighted by Crippen LogP contribution is -2.13. The maximum atomic E-state index is 11.4. The van der Waals surface area contributed by atoms with Crippen LogP contribution in [-0.4, -0.2) is 9.97 Å². The lowest BCUT2D eigenvalue weighted by atomic mass is 10.2. The number of aromatic amines is 1. The Kier molecular flexibility index (Phi) is 3.62. The fourth-order valence-corrected chi connectivity index (χ4v) is 1.59. The van der Waals surface area contributed by atoms with Crippen LogP contribution < -0.4 is 16.6 Å². The minimum absolute atomic E-state index is 0.137. The van der Waals surface area contributed by atoms with E-state index in [0.717, 1.165) is 11.3 Å². The predicted octanol–water partition coefficient (Wildman–Crippen LogP) is 1.53. The van der Waals surface area contributed by atoms with E-state index in [1.54, 1.807) is 0 Å². The van der Waals surface area contributed by atoms with Crippen LogP contribution in [0.15, 0.2) is 35.1 Å². The summed E-state index contributed by atoms with van der Waals surface area (Å²) in [5.74, 6) is 1.27. The van der Waals surface area contributed by atoms with Crippen molar-refractivity contribution >= 4 is 11.5 Å². The predicted molar refractivity (Wildman–Crippen MR) is 72.4 cm³/mol. The third-order valence-corrected chi connectivity index (χ3v) is 2.58. The molecule has 94 valence electrons. The van der Waals surface area contributed by atoms with Gasteiger partial charge in [0.2, 0.25) is 0 Å². The normalized spacial score (nSPS) is 10.3. The van der Waals surface area contributed by atoms with Gasteiger partial charge in [-0.2, -0.15) is 0 Å². The van der Waals surface area contributed by atoms with E-state index >= 15 is 0 Å². The number of nitrogens with zero attached hydrogens (tertiary/aromatic N) is 1. The zero-order valence-electron chi connectivity index (χ0n) is 10.2. The molecule has 5 nitrogen and oxygen atoms in total. The standard InChI is InChI=1S/C13H16N4O/c1-2-11-16-12(7-13(18)17-11)15-8-9-3-5-10(14)6-4-9/h3-7H,2,8,14H2,1H3,(H2,15,16,17,18). The van der Waals surface area contributed by atoms with Crippen molar-refractivity contribution in [2.45, 2.75) is 19.9 Å². The topological polar surface area (TPSA) is 83.8 Å². The van der Waals surface area contributed by atoms with Crippen LogP contribution in [0.25, 0.3) is 0 Å². The molecule has 0 unspecified atom stereocenters. The van der Waals surface area contributed by atoms with E-state index < -0.39 is 0 Å². The Balaban J connectivity index is 2.08. The summed E-state index contributed by atoms with van der Waals surface area (Å²) in [6, 6.07) is 9.03. The first kappa shape index (κ1) is 12.2. The Morgan fingerprint density at radius 3 is 2.72 bits per heavy atom. The maximum Gasteiger partial charge on any atom is 0.252 e. The van der Waals surface area contributed by atoms with Gasteiger partial charge in [0.25, 0.3) is 5.56 Å². The van der Waals surface area contributed by atoms with Gasteiger partial charge in [-0.05, 0) is 17.7 Å². The van der Waals surface area contributed by atoms with Gasteiger partial charge in [-0.1, -0.05) is 19.1 Å². The first-order chi connectivity index (χ1) is 8.67. The smallest absolute Gasteiger partial charge is 0.252 e. The maximum absolute atomic E-state index is 11.4. The summed E-state index contributed by atoms with van der Waals surface area (Å²) >= 11 is 0. The molecule has 4 N–H and O–H groups in total. The van der Waals surface area contributed by atoms with Crippen LogP contribution in [0.2, 0.25) is 0 Å². The first-order valence-electron chi connectivity index (χ1n) is 5.86. The van der Waals surface area contributed by atoms with Crippen molar-refractivity contribution in [3.05, 3.63) is 52.1 Å². The fraction of sp³-hybridized carbons (Fsp3) is 0.231. The average Bonchev–Trinajstić information content (AvgIpc) is 2.37. The summed E-state index contributed by atoms with van der Waals surface area (Å²) in [7, 11) is 0. The molecule has 18 heavy (non-hydrogen) atoms. The van der Waals surface area contributed by atoms with E-state index in [0.29, 0.717) is 24.6 Å². The number of aryl methyl sites for hydroxylation is 1. The molecule has 0 radical (unpaired) electrons. The molecule has 0 aliphatic heterocycles. The molecule has 1 aromatic heterocycles. The number of hydrogen-bond acceptors (Lipinski definition) is 4. The number of anilines is 2. The van der Waals surface area contributed by atoms with E-state index in [1.165, 1.54) is 6.07 Å². The average molecular weight is 244 g/mol. The van der Waals surface area contributed by atoms with Gasteiger partial charge >= 0.3 is 0 Å². The van der Waals surface area contributed by atoms with Crippen molar-refractivity contribution in [1.29, 1.82) is 0 Å². The fourth-order valence-electron chi connectivity index (χ4n) is 1.59. The number of H-pyrrole nitrogens is 1. The van der Waals surface area contributed by atoms with Gasteiger partial charge in [0.1, 0.15) is 11.6 Å². The molecule has 0 bridgehead atoms. The molecule has 1 heterocycles. The van der Waals surface area contributed by atoms with Crippen LogP contribution in [0.4, 0.5) is 11.5 Å². The van der Waals surface area contributed by atoms with Gasteiger partial charge in [0.15, 0.2) is 0 Å². The van der Waals surface area contributed by atoms with Gasteiger partial charge in [0.05, 0.1) is 0 Å². The molecule has 5 heteroatoms. The minimum Gasteiger partial charge on any atom is -0.399 e. The lowest BCUT2D eigenvalue weighted by Gasteiger charge is -2.06. The molecule has 0 saturated heterocycles. The van der Waals surface area contributed by atoms with Crippen molar-refractivity contribution in [3.63, 3.8) is 0 Å². The molecule has 0 spiro atoms. The van der Waals surface area contributed by atoms with Crippen molar-refractivity contribution in [1.82, 2.24) is 9.97 Å². The third-order valence-electron chi connectivity index (χ3n) is 2.58. The molecule has 0 atom stereocenters. The van der Waals surface area contributed by atoms with E-state index in [2.05, 4.69) is 15.3 Å². The van der Waals surface area contributed by atoms with Crippen molar-refractivity contribution in [3.8, 4) is 0 Å². The van der Waals surface area contributed by atoms with Crippen molar-refractivity contribution < 1.29 is 0 Å². The van der Waals surface area contributed by atoms with Crippen LogP contribution >= 0.6 is 0 Å². The second-order valence-corrected chi connectivity index (χ2v) is 4.03. The van der Waals surface area contributed by atoms with E-state index in [1.807, 2.05) is 31.2 Å². The van der Waals surface area contributed by atoms with Gasteiger partial charge in [-0.3, -0.25) is 4.79 Å². The van der Waals surface area contributed by atoms with Gasteiger partial charge in [-0.15, -0.1) is 0 Å². The largest absolute Gasteiger partial charge is 0.399 e. The SMILES string of the molecule is CCc1nc(NCc2ccc(N)cc2)cc(=O)[nH]1. The molecule has 0 amide bonds. The number of nitrogens with two attached hydrogens (primary N) is 1. The second-order valence-electron chi connectivity index (χ2n) is 4.03.